The topological polar surface area (TPSA) is 44.1 Å². The van der Waals surface area contributed by atoms with Gasteiger partial charge in [0.15, 0.2) is 5.16 Å². The summed E-state index contributed by atoms with van der Waals surface area (Å²) in [6, 6.07) is 12.0. The van der Waals surface area contributed by atoms with E-state index in [-0.39, 0.29) is 17.1 Å². The monoisotopic (exact) mass is 486 g/mol. The standard InChI is InChI=1S/C24H20ClFN2O2S2/c1-2-30-15-11-9-14(10-12-15)28-23(29)21-16-5-3-8-20(16)32-22(21)27-24(28)31-13-17-18(25)6-4-7-19(17)26/h4,6-7,9-12H,2-3,5,8,13H2,1H3. The van der Waals surface area contributed by atoms with Crippen molar-refractivity contribution in [1.29, 1.82) is 0 Å². The average molecular weight is 487 g/mol. The third-order valence-corrected chi connectivity index (χ3v) is 8.03. The van der Waals surface area contributed by atoms with Crippen LogP contribution in [0.25, 0.3) is 15.9 Å². The highest BCUT2D eigenvalue weighted by molar-refractivity contribution is 7.98. The van der Waals surface area contributed by atoms with Crippen LogP contribution in [-0.2, 0) is 18.6 Å². The SMILES string of the molecule is CCOc1ccc(-n2c(SCc3c(F)cccc3Cl)nc3sc4c(c3c2=O)CCC4)cc1. The quantitative estimate of drug-likeness (QED) is 0.233. The molecule has 5 rings (SSSR count). The van der Waals surface area contributed by atoms with Gasteiger partial charge in [-0.25, -0.2) is 9.37 Å². The van der Waals surface area contributed by atoms with Crippen molar-refractivity contribution in [2.24, 2.45) is 0 Å². The number of hydrogen-bond acceptors (Lipinski definition) is 5. The van der Waals surface area contributed by atoms with Crippen LogP contribution in [-0.4, -0.2) is 16.2 Å². The molecule has 0 N–H and O–H groups in total. The average Bonchev–Trinajstić information content (AvgIpc) is 3.35. The first-order valence-electron chi connectivity index (χ1n) is 10.4. The molecular formula is C24H20ClFN2O2S2. The van der Waals surface area contributed by atoms with Gasteiger partial charge in [-0.1, -0.05) is 29.4 Å². The highest BCUT2D eigenvalue weighted by Gasteiger charge is 2.24. The van der Waals surface area contributed by atoms with E-state index in [4.69, 9.17) is 21.3 Å². The van der Waals surface area contributed by atoms with E-state index in [9.17, 15) is 9.18 Å². The summed E-state index contributed by atoms with van der Waals surface area (Å²) in [5.74, 6) is 0.643. The minimum absolute atomic E-state index is 0.0827. The van der Waals surface area contributed by atoms with E-state index in [0.29, 0.717) is 33.4 Å². The normalized spacial score (nSPS) is 13.0. The van der Waals surface area contributed by atoms with Crippen molar-refractivity contribution < 1.29 is 9.13 Å². The van der Waals surface area contributed by atoms with Gasteiger partial charge in [0.1, 0.15) is 16.4 Å². The lowest BCUT2D eigenvalue weighted by molar-refractivity contribution is 0.340. The Hall–Kier alpha value is -2.35. The molecule has 0 spiro atoms. The summed E-state index contributed by atoms with van der Waals surface area (Å²) in [6.45, 7) is 2.49. The Morgan fingerprint density at radius 2 is 2.03 bits per heavy atom. The Kier molecular flexibility index (Phi) is 5.97. The predicted molar refractivity (Wildman–Crippen MR) is 129 cm³/mol. The lowest BCUT2D eigenvalue weighted by atomic mass is 10.2. The molecule has 0 saturated carbocycles. The third kappa shape index (κ3) is 3.83. The van der Waals surface area contributed by atoms with Crippen LogP contribution < -0.4 is 10.3 Å². The van der Waals surface area contributed by atoms with E-state index < -0.39 is 0 Å². The summed E-state index contributed by atoms with van der Waals surface area (Å²) in [4.78, 5) is 20.6. The van der Waals surface area contributed by atoms with Gasteiger partial charge in [-0.2, -0.15) is 0 Å². The van der Waals surface area contributed by atoms with Crippen molar-refractivity contribution in [2.75, 3.05) is 6.61 Å². The molecule has 0 atom stereocenters. The Bertz CT molecular complexity index is 1350. The fraction of sp³-hybridized carbons (Fsp3) is 0.250. The first-order chi connectivity index (χ1) is 15.6. The van der Waals surface area contributed by atoms with Crippen molar-refractivity contribution in [3.8, 4) is 11.4 Å². The van der Waals surface area contributed by atoms with Crippen molar-refractivity contribution in [3.05, 3.63) is 79.7 Å². The number of thiophene rings is 1. The molecule has 0 saturated heterocycles. The van der Waals surface area contributed by atoms with Gasteiger partial charge in [0.2, 0.25) is 0 Å². The second kappa shape index (κ2) is 8.89. The number of rotatable bonds is 6. The van der Waals surface area contributed by atoms with Gasteiger partial charge in [0.25, 0.3) is 5.56 Å². The highest BCUT2D eigenvalue weighted by Crippen LogP contribution is 2.37. The Balaban J connectivity index is 1.63. The highest BCUT2D eigenvalue weighted by atomic mass is 35.5. The summed E-state index contributed by atoms with van der Waals surface area (Å²) < 4.78 is 21.5. The lowest BCUT2D eigenvalue weighted by Gasteiger charge is -2.14. The second-order valence-corrected chi connectivity index (χ2v) is 9.92. The number of fused-ring (bicyclic) bond motifs is 3. The minimum Gasteiger partial charge on any atom is -0.494 e. The molecule has 8 heteroatoms. The number of nitrogens with zero attached hydrogens (tertiary/aromatic N) is 2. The first-order valence-corrected chi connectivity index (χ1v) is 12.6. The molecule has 0 amide bonds. The van der Waals surface area contributed by atoms with Crippen LogP contribution in [0.5, 0.6) is 5.75 Å². The van der Waals surface area contributed by atoms with E-state index >= 15 is 0 Å². The van der Waals surface area contributed by atoms with Gasteiger partial charge in [-0.05, 0) is 68.1 Å². The number of aromatic nitrogens is 2. The van der Waals surface area contributed by atoms with Crippen molar-refractivity contribution in [3.63, 3.8) is 0 Å². The van der Waals surface area contributed by atoms with Crippen LogP contribution in [0, 0.1) is 5.82 Å². The molecule has 0 unspecified atom stereocenters. The second-order valence-electron chi connectivity index (χ2n) is 7.49. The van der Waals surface area contributed by atoms with Gasteiger partial charge < -0.3 is 4.74 Å². The Morgan fingerprint density at radius 1 is 1.22 bits per heavy atom. The number of ether oxygens (including phenoxy) is 1. The largest absolute Gasteiger partial charge is 0.494 e. The molecule has 1 aliphatic carbocycles. The van der Waals surface area contributed by atoms with Gasteiger partial charge in [0, 0.05) is 21.2 Å². The first kappa shape index (κ1) is 21.5. The molecule has 2 aromatic carbocycles. The Morgan fingerprint density at radius 3 is 2.78 bits per heavy atom. The summed E-state index contributed by atoms with van der Waals surface area (Å²) >= 11 is 9.13. The lowest BCUT2D eigenvalue weighted by Crippen LogP contribution is -2.22. The molecule has 0 bridgehead atoms. The van der Waals surface area contributed by atoms with E-state index in [2.05, 4.69) is 0 Å². The van der Waals surface area contributed by atoms with E-state index in [1.165, 1.54) is 22.7 Å². The van der Waals surface area contributed by atoms with Crippen LogP contribution in [0.3, 0.4) is 0 Å². The maximum absolute atomic E-state index is 14.3. The molecule has 0 radical (unpaired) electrons. The Labute approximate surface area is 198 Å². The molecule has 32 heavy (non-hydrogen) atoms. The number of halogens is 2. The number of hydrogen-bond donors (Lipinski definition) is 0. The molecule has 164 valence electrons. The number of benzene rings is 2. The summed E-state index contributed by atoms with van der Waals surface area (Å²) in [5, 5.41) is 1.60. The predicted octanol–water partition coefficient (Wildman–Crippen LogP) is 6.42. The van der Waals surface area contributed by atoms with Crippen LogP contribution in [0.2, 0.25) is 5.02 Å². The number of thioether (sulfide) groups is 1. The maximum Gasteiger partial charge on any atom is 0.267 e. The molecule has 0 fully saturated rings. The van der Waals surface area contributed by atoms with Crippen LogP contribution in [0.4, 0.5) is 4.39 Å². The van der Waals surface area contributed by atoms with E-state index in [1.807, 2.05) is 31.2 Å². The molecular weight excluding hydrogens is 467 g/mol. The zero-order valence-electron chi connectivity index (χ0n) is 17.4. The van der Waals surface area contributed by atoms with Crippen molar-refractivity contribution >= 4 is 44.9 Å². The van der Waals surface area contributed by atoms with E-state index in [0.717, 1.165) is 35.4 Å². The van der Waals surface area contributed by atoms with Crippen LogP contribution in [0.15, 0.2) is 52.4 Å². The molecule has 0 aliphatic heterocycles. The molecule has 2 heterocycles. The van der Waals surface area contributed by atoms with Crippen LogP contribution >= 0.6 is 34.7 Å². The maximum atomic E-state index is 14.3. The van der Waals surface area contributed by atoms with Crippen LogP contribution in [0.1, 0.15) is 29.3 Å². The summed E-state index contributed by atoms with van der Waals surface area (Å²) in [7, 11) is 0. The minimum atomic E-state index is -0.365. The summed E-state index contributed by atoms with van der Waals surface area (Å²) in [5.41, 5.74) is 2.16. The van der Waals surface area contributed by atoms with Crippen molar-refractivity contribution in [2.45, 2.75) is 37.1 Å². The zero-order chi connectivity index (χ0) is 22.2. The summed E-state index contributed by atoms with van der Waals surface area (Å²) in [6.07, 6.45) is 2.97. The van der Waals surface area contributed by atoms with E-state index in [1.54, 1.807) is 28.0 Å². The zero-order valence-corrected chi connectivity index (χ0v) is 19.7. The molecule has 4 aromatic rings. The van der Waals surface area contributed by atoms with Gasteiger partial charge >= 0.3 is 0 Å². The van der Waals surface area contributed by atoms with Crippen molar-refractivity contribution in [1.82, 2.24) is 9.55 Å². The third-order valence-electron chi connectivity index (χ3n) is 5.52. The van der Waals surface area contributed by atoms with Gasteiger partial charge in [-0.15, -0.1) is 11.3 Å². The van der Waals surface area contributed by atoms with Gasteiger partial charge in [0.05, 0.1) is 17.7 Å². The fourth-order valence-corrected chi connectivity index (χ4v) is 6.67. The fourth-order valence-electron chi connectivity index (χ4n) is 4.01. The molecule has 2 aromatic heterocycles. The van der Waals surface area contributed by atoms with Gasteiger partial charge in [-0.3, -0.25) is 9.36 Å². The number of aryl methyl sites for hydroxylation is 2. The molecule has 1 aliphatic rings. The molecule has 4 nitrogen and oxygen atoms in total. The smallest absolute Gasteiger partial charge is 0.267 e.